The van der Waals surface area contributed by atoms with E-state index >= 15 is 0 Å². The quantitative estimate of drug-likeness (QED) is 0.852. The Kier molecular flexibility index (Phi) is 5.28. The van der Waals surface area contributed by atoms with E-state index in [1.807, 2.05) is 0 Å². The van der Waals surface area contributed by atoms with Crippen molar-refractivity contribution >= 4 is 29.6 Å². The van der Waals surface area contributed by atoms with Crippen molar-refractivity contribution in [3.05, 3.63) is 28.8 Å². The molecule has 2 rings (SSSR count). The molecule has 0 unspecified atom stereocenters. The third kappa shape index (κ3) is 4.26. The molecule has 124 valence electrons. The SMILES string of the molecule is O=C(O)c1ccc(OCC(=O)N2CCN(C(=O)O)CC2)cc1Cl. The number of aromatic carboxylic acids is 1. The van der Waals surface area contributed by atoms with Crippen LogP contribution in [0.2, 0.25) is 5.02 Å². The third-order valence-electron chi connectivity index (χ3n) is 3.44. The zero-order valence-corrected chi connectivity index (χ0v) is 12.8. The Hall–Kier alpha value is -2.48. The minimum Gasteiger partial charge on any atom is -0.484 e. The molecule has 1 aromatic rings. The molecule has 1 aliphatic heterocycles. The summed E-state index contributed by atoms with van der Waals surface area (Å²) in [5, 5.41) is 17.7. The number of carbonyl (C=O) groups is 3. The summed E-state index contributed by atoms with van der Waals surface area (Å²) in [6, 6.07) is 4.06. The number of amides is 2. The maximum atomic E-state index is 12.0. The molecule has 2 N–H and O–H groups in total. The molecule has 8 nitrogen and oxygen atoms in total. The molecule has 1 aliphatic rings. The lowest BCUT2D eigenvalue weighted by atomic mass is 10.2. The summed E-state index contributed by atoms with van der Waals surface area (Å²) in [5.74, 6) is -1.13. The molecule has 9 heteroatoms. The van der Waals surface area contributed by atoms with Gasteiger partial charge in [-0.3, -0.25) is 4.79 Å². The fourth-order valence-corrected chi connectivity index (χ4v) is 2.39. The zero-order valence-electron chi connectivity index (χ0n) is 12.1. The summed E-state index contributed by atoms with van der Waals surface area (Å²) >= 11 is 5.82. The topological polar surface area (TPSA) is 107 Å². The van der Waals surface area contributed by atoms with Gasteiger partial charge in [0.15, 0.2) is 6.61 Å². The summed E-state index contributed by atoms with van der Waals surface area (Å²) in [5.41, 5.74) is -0.0462. The number of benzene rings is 1. The first-order valence-electron chi connectivity index (χ1n) is 6.80. The molecule has 0 atom stereocenters. The van der Waals surface area contributed by atoms with Crippen LogP contribution in [0.1, 0.15) is 10.4 Å². The van der Waals surface area contributed by atoms with E-state index in [1.54, 1.807) is 0 Å². The van der Waals surface area contributed by atoms with Crippen molar-refractivity contribution in [2.45, 2.75) is 0 Å². The summed E-state index contributed by atoms with van der Waals surface area (Å²) in [6.45, 7) is 0.927. The number of rotatable bonds is 4. The van der Waals surface area contributed by atoms with Gasteiger partial charge in [-0.05, 0) is 18.2 Å². The summed E-state index contributed by atoms with van der Waals surface area (Å²) in [6.07, 6.45) is -0.999. The minimum absolute atomic E-state index is 0.0255. The predicted molar refractivity (Wildman–Crippen MR) is 80.1 cm³/mol. The summed E-state index contributed by atoms with van der Waals surface area (Å²) < 4.78 is 5.31. The molecule has 1 heterocycles. The van der Waals surface area contributed by atoms with E-state index in [4.69, 9.17) is 26.6 Å². The number of piperazine rings is 1. The number of carboxylic acids is 1. The smallest absolute Gasteiger partial charge is 0.407 e. The van der Waals surface area contributed by atoms with Crippen molar-refractivity contribution in [1.82, 2.24) is 9.80 Å². The van der Waals surface area contributed by atoms with Gasteiger partial charge in [-0.15, -0.1) is 0 Å². The van der Waals surface area contributed by atoms with Gasteiger partial charge in [0, 0.05) is 26.2 Å². The second kappa shape index (κ2) is 7.19. The Morgan fingerprint density at radius 2 is 1.70 bits per heavy atom. The maximum absolute atomic E-state index is 12.0. The van der Waals surface area contributed by atoms with Crippen LogP contribution in [0.15, 0.2) is 18.2 Å². The van der Waals surface area contributed by atoms with Gasteiger partial charge in [-0.25, -0.2) is 9.59 Å². The average molecular weight is 343 g/mol. The van der Waals surface area contributed by atoms with Gasteiger partial charge in [-0.2, -0.15) is 0 Å². The lowest BCUT2D eigenvalue weighted by molar-refractivity contribution is -0.134. The van der Waals surface area contributed by atoms with Crippen LogP contribution in [-0.4, -0.2) is 70.8 Å². The van der Waals surface area contributed by atoms with Gasteiger partial charge in [0.05, 0.1) is 10.6 Å². The lowest BCUT2D eigenvalue weighted by Crippen LogP contribution is -2.51. The molecule has 0 bridgehead atoms. The molecular weight excluding hydrogens is 328 g/mol. The van der Waals surface area contributed by atoms with Crippen LogP contribution in [0.4, 0.5) is 4.79 Å². The van der Waals surface area contributed by atoms with Crippen LogP contribution < -0.4 is 4.74 Å². The fourth-order valence-electron chi connectivity index (χ4n) is 2.14. The molecule has 0 spiro atoms. The Labute approximate surface area is 136 Å². The van der Waals surface area contributed by atoms with E-state index < -0.39 is 12.1 Å². The highest BCUT2D eigenvalue weighted by Gasteiger charge is 2.23. The van der Waals surface area contributed by atoms with Gasteiger partial charge < -0.3 is 24.7 Å². The number of nitrogens with zero attached hydrogens (tertiary/aromatic N) is 2. The van der Waals surface area contributed by atoms with Crippen LogP contribution in [0, 0.1) is 0 Å². The van der Waals surface area contributed by atoms with Crippen molar-refractivity contribution in [1.29, 1.82) is 0 Å². The standard InChI is InChI=1S/C14H15ClN2O6/c15-11-7-9(1-2-10(11)13(19)20)23-8-12(18)16-3-5-17(6-4-16)14(21)22/h1-2,7H,3-6,8H2,(H,19,20)(H,21,22). The number of ether oxygens (including phenoxy) is 1. The van der Waals surface area contributed by atoms with Crippen molar-refractivity contribution in [2.24, 2.45) is 0 Å². The van der Waals surface area contributed by atoms with Crippen LogP contribution >= 0.6 is 11.6 Å². The molecule has 0 saturated carbocycles. The molecule has 1 aromatic carbocycles. The van der Waals surface area contributed by atoms with E-state index in [-0.39, 0.29) is 41.9 Å². The molecule has 1 fully saturated rings. The largest absolute Gasteiger partial charge is 0.484 e. The number of carboxylic acid groups (broad SMARTS) is 2. The van der Waals surface area contributed by atoms with Gasteiger partial charge in [-0.1, -0.05) is 11.6 Å². The normalized spacial score (nSPS) is 14.5. The Balaban J connectivity index is 1.86. The first-order valence-corrected chi connectivity index (χ1v) is 7.17. The molecule has 0 radical (unpaired) electrons. The molecular formula is C14H15ClN2O6. The Morgan fingerprint density at radius 1 is 1.09 bits per heavy atom. The maximum Gasteiger partial charge on any atom is 0.407 e. The molecule has 0 aliphatic carbocycles. The van der Waals surface area contributed by atoms with E-state index in [2.05, 4.69) is 0 Å². The first kappa shape index (κ1) is 16.9. The van der Waals surface area contributed by atoms with Gasteiger partial charge >= 0.3 is 12.1 Å². The van der Waals surface area contributed by atoms with Crippen molar-refractivity contribution < 1.29 is 29.3 Å². The number of hydrogen-bond acceptors (Lipinski definition) is 4. The molecule has 0 aromatic heterocycles. The minimum atomic E-state index is -1.14. The third-order valence-corrected chi connectivity index (χ3v) is 3.75. The van der Waals surface area contributed by atoms with Crippen LogP contribution in [-0.2, 0) is 4.79 Å². The van der Waals surface area contributed by atoms with Crippen LogP contribution in [0.25, 0.3) is 0 Å². The van der Waals surface area contributed by atoms with Gasteiger partial charge in [0.25, 0.3) is 5.91 Å². The summed E-state index contributed by atoms with van der Waals surface area (Å²) in [4.78, 5) is 36.4. The lowest BCUT2D eigenvalue weighted by Gasteiger charge is -2.33. The fraction of sp³-hybridized carbons (Fsp3) is 0.357. The highest BCUT2D eigenvalue weighted by molar-refractivity contribution is 6.33. The predicted octanol–water partition coefficient (Wildman–Crippen LogP) is 1.24. The van der Waals surface area contributed by atoms with Gasteiger partial charge in [0.2, 0.25) is 0 Å². The van der Waals surface area contributed by atoms with Crippen molar-refractivity contribution in [3.63, 3.8) is 0 Å². The van der Waals surface area contributed by atoms with E-state index in [0.29, 0.717) is 13.1 Å². The Bertz CT molecular complexity index is 628. The number of hydrogen-bond donors (Lipinski definition) is 2. The first-order chi connectivity index (χ1) is 10.9. The highest BCUT2D eigenvalue weighted by Crippen LogP contribution is 2.22. The molecule has 1 saturated heterocycles. The summed E-state index contributed by atoms with van der Waals surface area (Å²) in [7, 11) is 0. The second-order valence-electron chi connectivity index (χ2n) is 4.89. The van der Waals surface area contributed by atoms with Crippen LogP contribution in [0.3, 0.4) is 0 Å². The van der Waals surface area contributed by atoms with Crippen LogP contribution in [0.5, 0.6) is 5.75 Å². The number of halogens is 1. The van der Waals surface area contributed by atoms with Crippen molar-refractivity contribution in [2.75, 3.05) is 32.8 Å². The second-order valence-corrected chi connectivity index (χ2v) is 5.29. The van der Waals surface area contributed by atoms with Crippen molar-refractivity contribution in [3.8, 4) is 5.75 Å². The van der Waals surface area contributed by atoms with E-state index in [0.717, 1.165) is 0 Å². The average Bonchev–Trinajstić information content (AvgIpc) is 2.52. The monoisotopic (exact) mass is 342 g/mol. The molecule has 2 amide bonds. The Morgan fingerprint density at radius 3 is 2.22 bits per heavy atom. The highest BCUT2D eigenvalue weighted by atomic mass is 35.5. The zero-order chi connectivity index (χ0) is 17.0. The number of carbonyl (C=O) groups excluding carboxylic acids is 1. The van der Waals surface area contributed by atoms with E-state index in [9.17, 15) is 14.4 Å². The van der Waals surface area contributed by atoms with Gasteiger partial charge in [0.1, 0.15) is 5.75 Å². The van der Waals surface area contributed by atoms with E-state index in [1.165, 1.54) is 28.0 Å². The molecule has 23 heavy (non-hydrogen) atoms.